The molecule has 7 heteroatoms. The fourth-order valence-electron chi connectivity index (χ4n) is 3.19. The van der Waals surface area contributed by atoms with Crippen molar-refractivity contribution in [2.45, 2.75) is 69.6 Å². The Morgan fingerprint density at radius 1 is 0.958 bits per heavy atom. The third kappa shape index (κ3) is 4.36. The van der Waals surface area contributed by atoms with E-state index in [1.54, 1.807) is 20.8 Å². The molecular formula is C17H20F6O. The van der Waals surface area contributed by atoms with E-state index in [4.69, 9.17) is 0 Å². The molecule has 1 N–H and O–H groups in total. The fraction of sp³-hybridized carbons (Fsp3) is 0.647. The summed E-state index contributed by atoms with van der Waals surface area (Å²) in [4.78, 5) is 0. The van der Waals surface area contributed by atoms with Gasteiger partial charge in [-0.1, -0.05) is 26.8 Å². The lowest BCUT2D eigenvalue weighted by atomic mass is 9.79. The fourth-order valence-corrected chi connectivity index (χ4v) is 3.19. The minimum Gasteiger partial charge on any atom is -0.508 e. The highest BCUT2D eigenvalue weighted by atomic mass is 19.4. The van der Waals surface area contributed by atoms with Crippen LogP contribution in [0.5, 0.6) is 5.75 Å². The first-order valence-electron chi connectivity index (χ1n) is 7.63. The van der Waals surface area contributed by atoms with Crippen LogP contribution in [0.2, 0.25) is 0 Å². The van der Waals surface area contributed by atoms with E-state index in [0.717, 1.165) is 6.07 Å². The molecule has 1 fully saturated rings. The van der Waals surface area contributed by atoms with Crippen LogP contribution in [0.25, 0.3) is 0 Å². The number of alkyl halides is 6. The van der Waals surface area contributed by atoms with Gasteiger partial charge in [-0.25, -0.2) is 0 Å². The highest BCUT2D eigenvalue weighted by molar-refractivity contribution is 5.50. The van der Waals surface area contributed by atoms with Crippen molar-refractivity contribution in [3.8, 4) is 5.75 Å². The van der Waals surface area contributed by atoms with Gasteiger partial charge in [-0.15, -0.1) is 0 Å². The zero-order chi connectivity index (χ0) is 18.6. The van der Waals surface area contributed by atoms with Gasteiger partial charge in [0.05, 0.1) is 12.8 Å². The summed E-state index contributed by atoms with van der Waals surface area (Å²) < 4.78 is 76.8. The van der Waals surface area contributed by atoms with Crippen molar-refractivity contribution >= 4 is 0 Å². The van der Waals surface area contributed by atoms with Gasteiger partial charge >= 0.3 is 12.4 Å². The minimum atomic E-state index is -4.46. The molecule has 0 spiro atoms. The Balaban J connectivity index is 2.53. The van der Waals surface area contributed by atoms with Gasteiger partial charge < -0.3 is 5.11 Å². The number of phenols is 1. The molecule has 1 aromatic rings. The summed E-state index contributed by atoms with van der Waals surface area (Å²) in [6.07, 6.45) is -10.6. The number of hydrogen-bond acceptors (Lipinski definition) is 1. The zero-order valence-electron chi connectivity index (χ0n) is 13.7. The van der Waals surface area contributed by atoms with Crippen molar-refractivity contribution < 1.29 is 31.4 Å². The van der Waals surface area contributed by atoms with Crippen LogP contribution in [-0.4, -0.2) is 17.5 Å². The average Bonchev–Trinajstić information content (AvgIpc) is 3.02. The molecule has 1 nitrogen and oxygen atoms in total. The second-order valence-corrected chi connectivity index (χ2v) is 7.64. The second-order valence-electron chi connectivity index (χ2n) is 7.64. The van der Waals surface area contributed by atoms with Crippen molar-refractivity contribution in [1.29, 1.82) is 0 Å². The molecule has 1 saturated carbocycles. The van der Waals surface area contributed by atoms with E-state index in [-0.39, 0.29) is 24.0 Å². The molecule has 0 aromatic heterocycles. The Hall–Kier alpha value is -1.40. The third-order valence-electron chi connectivity index (χ3n) is 4.38. The van der Waals surface area contributed by atoms with E-state index < -0.39 is 41.8 Å². The summed E-state index contributed by atoms with van der Waals surface area (Å²) in [5.41, 5.74) is -1.56. The van der Waals surface area contributed by atoms with E-state index in [1.807, 2.05) is 0 Å². The summed E-state index contributed by atoms with van der Waals surface area (Å²) in [5.74, 6) is -0.482. The molecule has 2 rings (SSSR count). The number of halogens is 6. The maximum atomic E-state index is 12.8. The first-order chi connectivity index (χ1) is 10.6. The molecular weight excluding hydrogens is 334 g/mol. The number of aromatic hydroxyl groups is 1. The van der Waals surface area contributed by atoms with E-state index in [9.17, 15) is 31.4 Å². The predicted molar refractivity (Wildman–Crippen MR) is 78.1 cm³/mol. The van der Waals surface area contributed by atoms with Gasteiger partial charge in [-0.3, -0.25) is 0 Å². The van der Waals surface area contributed by atoms with Crippen molar-refractivity contribution in [1.82, 2.24) is 0 Å². The van der Waals surface area contributed by atoms with E-state index in [0.29, 0.717) is 5.56 Å². The second kappa shape index (κ2) is 5.56. The minimum absolute atomic E-state index is 0.0981. The Labute approximate surface area is 136 Å². The quantitative estimate of drug-likeness (QED) is 0.683. The molecule has 1 aromatic carbocycles. The Bertz CT molecular complexity index is 618. The Morgan fingerprint density at radius 2 is 1.50 bits per heavy atom. The van der Waals surface area contributed by atoms with Crippen molar-refractivity contribution in [2.75, 3.05) is 0 Å². The topological polar surface area (TPSA) is 20.2 Å². The third-order valence-corrected chi connectivity index (χ3v) is 4.38. The highest BCUT2D eigenvalue weighted by Gasteiger charge is 2.53. The van der Waals surface area contributed by atoms with Crippen molar-refractivity contribution in [3.05, 3.63) is 28.8 Å². The van der Waals surface area contributed by atoms with Gasteiger partial charge in [0.15, 0.2) is 0 Å². The number of benzene rings is 1. The van der Waals surface area contributed by atoms with Crippen LogP contribution in [0.4, 0.5) is 26.3 Å². The monoisotopic (exact) mass is 354 g/mol. The van der Waals surface area contributed by atoms with Crippen LogP contribution in [0, 0.1) is 0 Å². The Kier molecular flexibility index (Phi) is 4.39. The molecule has 0 bridgehead atoms. The molecule has 0 unspecified atom stereocenters. The molecule has 24 heavy (non-hydrogen) atoms. The predicted octanol–water partition coefficient (Wildman–Crippen LogP) is 5.78. The SMILES string of the molecule is CC(C)(C)c1cc(C2(CC(F)(F)F)CC2)c(O)cc1CC(F)(F)F. The smallest absolute Gasteiger partial charge is 0.393 e. The first-order valence-corrected chi connectivity index (χ1v) is 7.63. The lowest BCUT2D eigenvalue weighted by Gasteiger charge is -2.27. The molecule has 0 amide bonds. The van der Waals surface area contributed by atoms with Gasteiger partial charge in [0.25, 0.3) is 0 Å². The van der Waals surface area contributed by atoms with Gasteiger partial charge in [-0.05, 0) is 35.4 Å². The normalized spacial score (nSPS) is 17.9. The van der Waals surface area contributed by atoms with Crippen LogP contribution in [0.3, 0.4) is 0 Å². The van der Waals surface area contributed by atoms with Crippen LogP contribution in [0.1, 0.15) is 56.7 Å². The molecule has 0 saturated heterocycles. The molecule has 0 aliphatic heterocycles. The molecule has 136 valence electrons. The van der Waals surface area contributed by atoms with E-state index in [1.165, 1.54) is 6.07 Å². The maximum absolute atomic E-state index is 12.8. The van der Waals surface area contributed by atoms with Crippen LogP contribution < -0.4 is 0 Å². The van der Waals surface area contributed by atoms with Gasteiger partial charge in [0.1, 0.15) is 5.75 Å². The van der Waals surface area contributed by atoms with Gasteiger partial charge in [0, 0.05) is 11.0 Å². The average molecular weight is 354 g/mol. The lowest BCUT2D eigenvalue weighted by molar-refractivity contribution is -0.141. The van der Waals surface area contributed by atoms with E-state index in [2.05, 4.69) is 0 Å². The zero-order valence-corrected chi connectivity index (χ0v) is 13.7. The van der Waals surface area contributed by atoms with Gasteiger partial charge in [0.2, 0.25) is 0 Å². The van der Waals surface area contributed by atoms with Crippen LogP contribution in [-0.2, 0) is 17.3 Å². The van der Waals surface area contributed by atoms with Gasteiger partial charge in [-0.2, -0.15) is 26.3 Å². The van der Waals surface area contributed by atoms with Crippen molar-refractivity contribution in [3.63, 3.8) is 0 Å². The van der Waals surface area contributed by atoms with Crippen LogP contribution in [0.15, 0.2) is 12.1 Å². The molecule has 0 atom stereocenters. The summed E-state index contributed by atoms with van der Waals surface area (Å²) in [5, 5.41) is 10.1. The summed E-state index contributed by atoms with van der Waals surface area (Å²) in [6, 6.07) is 2.33. The number of hydrogen-bond donors (Lipinski definition) is 1. The first kappa shape index (κ1) is 18.9. The number of phenolic OH excluding ortho intramolecular Hbond substituents is 1. The lowest BCUT2D eigenvalue weighted by Crippen LogP contribution is -2.23. The largest absolute Gasteiger partial charge is 0.508 e. The van der Waals surface area contributed by atoms with Crippen LogP contribution >= 0.6 is 0 Å². The summed E-state index contributed by atoms with van der Waals surface area (Å²) in [7, 11) is 0. The maximum Gasteiger partial charge on any atom is 0.393 e. The molecule has 1 aliphatic carbocycles. The highest BCUT2D eigenvalue weighted by Crippen LogP contribution is 2.57. The molecule has 0 heterocycles. The number of rotatable bonds is 3. The molecule has 1 aliphatic rings. The standard InChI is InChI=1S/C17H20F6O/c1-14(2,3)11-7-12(15(4-5-15)9-17(21,22)23)13(24)6-10(11)8-16(18,19)20/h6-7,24H,4-5,8-9H2,1-3H3. The Morgan fingerprint density at radius 3 is 1.88 bits per heavy atom. The molecule has 0 radical (unpaired) electrons. The summed E-state index contributed by atoms with van der Waals surface area (Å²) >= 11 is 0. The van der Waals surface area contributed by atoms with E-state index >= 15 is 0 Å². The summed E-state index contributed by atoms with van der Waals surface area (Å²) in [6.45, 7) is 5.10. The van der Waals surface area contributed by atoms with Crippen molar-refractivity contribution in [2.24, 2.45) is 0 Å².